The Morgan fingerprint density at radius 3 is 2.57 bits per heavy atom. The monoisotopic (exact) mass is 374 g/mol. The average Bonchev–Trinajstić information content (AvgIpc) is 2.77. The number of likely N-dealkylation sites (tertiary alicyclic amines) is 1. The second-order valence-electron chi connectivity index (χ2n) is 8.18. The summed E-state index contributed by atoms with van der Waals surface area (Å²) in [5.74, 6) is 2.51. The Kier molecular flexibility index (Phi) is 6.29. The summed E-state index contributed by atoms with van der Waals surface area (Å²) in [5, 5.41) is 0. The zero-order chi connectivity index (χ0) is 19.2. The SMILES string of the molecule is [C-]#[N+]c1ccc(OCCCN2CCC(C3CCCc4ccccc43)CC2)cc1. The van der Waals surface area contributed by atoms with E-state index < -0.39 is 0 Å². The van der Waals surface area contributed by atoms with E-state index in [2.05, 4.69) is 34.0 Å². The van der Waals surface area contributed by atoms with Gasteiger partial charge in [-0.2, -0.15) is 0 Å². The highest BCUT2D eigenvalue weighted by Gasteiger charge is 2.30. The molecule has 1 heterocycles. The standard InChI is InChI=1S/C25H30N2O/c1-26-22-10-12-23(13-11-22)28-19-5-16-27-17-14-21(15-18-27)25-9-4-7-20-6-2-3-8-24(20)25/h2-3,6,8,10-13,21,25H,4-5,7,9,14-19H2. The van der Waals surface area contributed by atoms with E-state index in [1.807, 2.05) is 24.3 Å². The summed E-state index contributed by atoms with van der Waals surface area (Å²) >= 11 is 0. The summed E-state index contributed by atoms with van der Waals surface area (Å²) in [6.07, 6.45) is 7.72. The zero-order valence-corrected chi connectivity index (χ0v) is 16.6. The van der Waals surface area contributed by atoms with E-state index in [-0.39, 0.29) is 0 Å². The summed E-state index contributed by atoms with van der Waals surface area (Å²) in [6.45, 7) is 11.3. The van der Waals surface area contributed by atoms with E-state index >= 15 is 0 Å². The molecule has 0 N–H and O–H groups in total. The summed E-state index contributed by atoms with van der Waals surface area (Å²) < 4.78 is 5.82. The third-order valence-corrected chi connectivity index (χ3v) is 6.47. The van der Waals surface area contributed by atoms with Crippen LogP contribution in [0.15, 0.2) is 48.5 Å². The molecule has 1 fully saturated rings. The lowest BCUT2D eigenvalue weighted by atomic mass is 9.72. The largest absolute Gasteiger partial charge is 0.494 e. The van der Waals surface area contributed by atoms with Crippen LogP contribution in [-0.2, 0) is 6.42 Å². The van der Waals surface area contributed by atoms with Gasteiger partial charge in [0, 0.05) is 6.54 Å². The van der Waals surface area contributed by atoms with Gasteiger partial charge in [-0.15, -0.1) is 0 Å². The van der Waals surface area contributed by atoms with Gasteiger partial charge in [0.25, 0.3) is 0 Å². The van der Waals surface area contributed by atoms with E-state index in [0.29, 0.717) is 5.69 Å². The van der Waals surface area contributed by atoms with Crippen LogP contribution in [0.2, 0.25) is 0 Å². The van der Waals surface area contributed by atoms with Gasteiger partial charge in [-0.05, 0) is 86.7 Å². The predicted octanol–water partition coefficient (Wildman–Crippen LogP) is 5.84. The van der Waals surface area contributed by atoms with Crippen molar-refractivity contribution in [3.63, 3.8) is 0 Å². The molecule has 0 spiro atoms. The van der Waals surface area contributed by atoms with Gasteiger partial charge in [0.2, 0.25) is 0 Å². The first-order valence-corrected chi connectivity index (χ1v) is 10.7. The van der Waals surface area contributed by atoms with Gasteiger partial charge in [0.15, 0.2) is 5.69 Å². The van der Waals surface area contributed by atoms with Crippen LogP contribution in [0, 0.1) is 12.5 Å². The Bertz CT molecular complexity index is 800. The highest BCUT2D eigenvalue weighted by Crippen LogP contribution is 2.41. The Balaban J connectivity index is 1.19. The van der Waals surface area contributed by atoms with Crippen molar-refractivity contribution in [2.24, 2.45) is 5.92 Å². The van der Waals surface area contributed by atoms with Crippen molar-refractivity contribution in [2.45, 2.75) is 44.4 Å². The fourth-order valence-corrected chi connectivity index (χ4v) is 4.96. The molecule has 0 amide bonds. The molecule has 146 valence electrons. The number of piperidine rings is 1. The summed E-state index contributed by atoms with van der Waals surface area (Å²) in [5.41, 5.74) is 3.91. The number of fused-ring (bicyclic) bond motifs is 1. The normalized spacial score (nSPS) is 20.3. The number of ether oxygens (including phenoxy) is 1. The second-order valence-corrected chi connectivity index (χ2v) is 8.18. The van der Waals surface area contributed by atoms with Gasteiger partial charge in [-0.3, -0.25) is 0 Å². The maximum absolute atomic E-state index is 6.99. The first-order chi connectivity index (χ1) is 13.8. The quantitative estimate of drug-likeness (QED) is 0.467. The number of benzene rings is 2. The van der Waals surface area contributed by atoms with E-state index in [4.69, 9.17) is 11.3 Å². The molecule has 2 aromatic rings. The molecule has 2 aliphatic rings. The van der Waals surface area contributed by atoms with Crippen molar-refractivity contribution >= 4 is 5.69 Å². The maximum atomic E-state index is 6.99. The van der Waals surface area contributed by atoms with Crippen molar-refractivity contribution in [2.75, 3.05) is 26.2 Å². The summed E-state index contributed by atoms with van der Waals surface area (Å²) in [7, 11) is 0. The highest BCUT2D eigenvalue weighted by molar-refractivity contribution is 5.46. The number of rotatable bonds is 6. The van der Waals surface area contributed by atoms with Crippen molar-refractivity contribution in [3.05, 3.63) is 71.1 Å². The highest BCUT2D eigenvalue weighted by atomic mass is 16.5. The Hall–Kier alpha value is -2.31. The molecule has 1 atom stereocenters. The molecule has 1 aliphatic heterocycles. The molecule has 3 nitrogen and oxygen atoms in total. The molecule has 1 saturated heterocycles. The van der Waals surface area contributed by atoms with Crippen molar-refractivity contribution in [3.8, 4) is 5.75 Å². The third-order valence-electron chi connectivity index (χ3n) is 6.47. The minimum Gasteiger partial charge on any atom is -0.494 e. The van der Waals surface area contributed by atoms with Gasteiger partial charge in [0.05, 0.1) is 13.2 Å². The molecule has 0 radical (unpaired) electrons. The second kappa shape index (κ2) is 9.26. The molecule has 3 heteroatoms. The fourth-order valence-electron chi connectivity index (χ4n) is 4.96. The molecule has 28 heavy (non-hydrogen) atoms. The molecular weight excluding hydrogens is 344 g/mol. The van der Waals surface area contributed by atoms with Gasteiger partial charge < -0.3 is 9.64 Å². The number of aryl methyl sites for hydroxylation is 1. The molecule has 0 bridgehead atoms. The maximum Gasteiger partial charge on any atom is 0.187 e. The first-order valence-electron chi connectivity index (χ1n) is 10.7. The van der Waals surface area contributed by atoms with Crippen LogP contribution in [0.4, 0.5) is 5.69 Å². The number of hydrogen-bond donors (Lipinski definition) is 0. The molecule has 0 aromatic heterocycles. The van der Waals surface area contributed by atoms with Crippen molar-refractivity contribution in [1.82, 2.24) is 4.90 Å². The van der Waals surface area contributed by atoms with Gasteiger partial charge in [-0.25, -0.2) is 4.85 Å². The third kappa shape index (κ3) is 4.56. The zero-order valence-electron chi connectivity index (χ0n) is 16.6. The lowest BCUT2D eigenvalue weighted by Crippen LogP contribution is -2.37. The van der Waals surface area contributed by atoms with Crippen LogP contribution in [0.1, 0.15) is 49.1 Å². The smallest absolute Gasteiger partial charge is 0.187 e. The minimum atomic E-state index is 0.663. The van der Waals surface area contributed by atoms with Gasteiger partial charge in [0.1, 0.15) is 5.75 Å². The molecule has 2 aromatic carbocycles. The van der Waals surface area contributed by atoms with Crippen LogP contribution in [0.3, 0.4) is 0 Å². The Labute approximate surface area is 169 Å². The Morgan fingerprint density at radius 2 is 1.79 bits per heavy atom. The fraction of sp³-hybridized carbons (Fsp3) is 0.480. The van der Waals surface area contributed by atoms with Crippen molar-refractivity contribution < 1.29 is 4.74 Å². The predicted molar refractivity (Wildman–Crippen MR) is 114 cm³/mol. The minimum absolute atomic E-state index is 0.663. The van der Waals surface area contributed by atoms with E-state index in [9.17, 15) is 0 Å². The lowest BCUT2D eigenvalue weighted by Gasteiger charge is -2.38. The first kappa shape index (κ1) is 19.0. The lowest BCUT2D eigenvalue weighted by molar-refractivity contribution is 0.153. The van der Waals surface area contributed by atoms with Crippen LogP contribution >= 0.6 is 0 Å². The van der Waals surface area contributed by atoms with Crippen LogP contribution in [0.5, 0.6) is 5.75 Å². The number of nitrogens with zero attached hydrogens (tertiary/aromatic N) is 2. The van der Waals surface area contributed by atoms with Gasteiger partial charge >= 0.3 is 0 Å². The van der Waals surface area contributed by atoms with Gasteiger partial charge in [-0.1, -0.05) is 36.4 Å². The van der Waals surface area contributed by atoms with E-state index in [1.54, 1.807) is 11.1 Å². The van der Waals surface area contributed by atoms with Crippen LogP contribution in [0.25, 0.3) is 4.85 Å². The van der Waals surface area contributed by atoms with Crippen LogP contribution in [-0.4, -0.2) is 31.1 Å². The molecule has 0 saturated carbocycles. The molecule has 4 rings (SSSR count). The average molecular weight is 375 g/mol. The van der Waals surface area contributed by atoms with E-state index in [1.165, 1.54) is 45.2 Å². The topological polar surface area (TPSA) is 16.8 Å². The summed E-state index contributed by atoms with van der Waals surface area (Å²) in [6, 6.07) is 16.6. The summed E-state index contributed by atoms with van der Waals surface area (Å²) in [4.78, 5) is 6.02. The van der Waals surface area contributed by atoms with Crippen molar-refractivity contribution in [1.29, 1.82) is 0 Å². The van der Waals surface area contributed by atoms with Crippen LogP contribution < -0.4 is 4.74 Å². The van der Waals surface area contributed by atoms with E-state index in [0.717, 1.165) is 37.2 Å². The molecule has 1 aliphatic carbocycles. The Morgan fingerprint density at radius 1 is 1.00 bits per heavy atom. The molecular formula is C25H30N2O. The molecule has 1 unspecified atom stereocenters. The number of hydrogen-bond acceptors (Lipinski definition) is 2.